The Hall–Kier alpha value is -2.16. The highest BCUT2D eigenvalue weighted by Gasteiger charge is 2.27. The topological polar surface area (TPSA) is 76.1 Å². The van der Waals surface area contributed by atoms with Gasteiger partial charge in [-0.2, -0.15) is 8.42 Å². The quantitative estimate of drug-likeness (QED) is 0.653. The van der Waals surface area contributed by atoms with Crippen LogP contribution in [0.15, 0.2) is 30.3 Å². The molecule has 1 atom stereocenters. The summed E-state index contributed by atoms with van der Waals surface area (Å²) in [5, 5.41) is 0. The van der Waals surface area contributed by atoms with E-state index in [-0.39, 0.29) is 11.7 Å². The monoisotopic (exact) mass is 465 g/mol. The second kappa shape index (κ2) is 10.6. The zero-order valence-electron chi connectivity index (χ0n) is 18.9. The van der Waals surface area contributed by atoms with Gasteiger partial charge in [0.1, 0.15) is 17.3 Å². The molecule has 32 heavy (non-hydrogen) atoms. The first-order valence-electron chi connectivity index (χ1n) is 10.9. The number of hydrogen-bond acceptors (Lipinski definition) is 5. The lowest BCUT2D eigenvalue weighted by molar-refractivity contribution is 0.295. The van der Waals surface area contributed by atoms with E-state index in [1.807, 2.05) is 0 Å². The van der Waals surface area contributed by atoms with Gasteiger partial charge in [0.25, 0.3) is 10.1 Å². The summed E-state index contributed by atoms with van der Waals surface area (Å²) >= 11 is 0. The van der Waals surface area contributed by atoms with Crippen molar-refractivity contribution in [1.82, 2.24) is 4.90 Å². The number of halogens is 1. The molecule has 1 heterocycles. The van der Waals surface area contributed by atoms with Gasteiger partial charge < -0.3 is 14.4 Å². The maximum absolute atomic E-state index is 14.6. The van der Waals surface area contributed by atoms with Gasteiger partial charge in [-0.05, 0) is 73.5 Å². The number of hydrogen-bond donors (Lipinski definition) is 1. The zero-order chi connectivity index (χ0) is 23.3. The van der Waals surface area contributed by atoms with Crippen LogP contribution < -0.4 is 9.47 Å². The Bertz CT molecular complexity index is 1030. The van der Waals surface area contributed by atoms with Crippen molar-refractivity contribution in [3.63, 3.8) is 0 Å². The van der Waals surface area contributed by atoms with E-state index in [0.717, 1.165) is 74.4 Å². The molecule has 1 aliphatic heterocycles. The molecule has 1 aliphatic carbocycles. The van der Waals surface area contributed by atoms with E-state index in [0.29, 0.717) is 6.26 Å². The van der Waals surface area contributed by atoms with E-state index in [1.165, 1.54) is 11.1 Å². The highest BCUT2D eigenvalue weighted by molar-refractivity contribution is 7.85. The predicted molar refractivity (Wildman–Crippen MR) is 123 cm³/mol. The predicted octanol–water partition coefficient (Wildman–Crippen LogP) is 3.87. The third kappa shape index (κ3) is 6.67. The molecule has 0 fully saturated rings. The van der Waals surface area contributed by atoms with Crippen LogP contribution in [0.25, 0.3) is 0 Å². The van der Waals surface area contributed by atoms with Crippen molar-refractivity contribution < 1.29 is 26.8 Å². The van der Waals surface area contributed by atoms with Crippen LogP contribution in [0.2, 0.25) is 0 Å². The Labute approximate surface area is 190 Å². The van der Waals surface area contributed by atoms with Crippen LogP contribution >= 0.6 is 0 Å². The zero-order valence-corrected chi connectivity index (χ0v) is 19.8. The van der Waals surface area contributed by atoms with Crippen molar-refractivity contribution in [1.29, 1.82) is 0 Å². The summed E-state index contributed by atoms with van der Waals surface area (Å²) in [6, 6.07) is 9.85. The smallest absolute Gasteiger partial charge is 0.261 e. The molecule has 0 saturated heterocycles. The van der Waals surface area contributed by atoms with E-state index < -0.39 is 10.1 Å². The maximum Gasteiger partial charge on any atom is 0.261 e. The molecule has 0 aromatic heterocycles. The van der Waals surface area contributed by atoms with Crippen molar-refractivity contribution in [2.75, 3.05) is 40.1 Å². The number of likely N-dealkylation sites (N-methyl/N-ethyl adjacent to an activating group) is 1. The van der Waals surface area contributed by atoms with Gasteiger partial charge in [0, 0.05) is 25.1 Å². The molecular weight excluding hydrogens is 433 g/mol. The van der Waals surface area contributed by atoms with Crippen molar-refractivity contribution in [2.45, 2.75) is 38.0 Å². The lowest BCUT2D eigenvalue weighted by Gasteiger charge is -2.30. The average Bonchev–Trinajstić information content (AvgIpc) is 3.19. The fourth-order valence-electron chi connectivity index (χ4n) is 4.54. The van der Waals surface area contributed by atoms with Crippen molar-refractivity contribution in [2.24, 2.45) is 0 Å². The fraction of sp³-hybridized carbons (Fsp3) is 0.500. The van der Waals surface area contributed by atoms with Crippen LogP contribution in [-0.2, 0) is 29.4 Å². The minimum Gasteiger partial charge on any atom is -0.496 e. The lowest BCUT2D eigenvalue weighted by Crippen LogP contribution is -2.29. The molecule has 2 aliphatic rings. The molecule has 2 aromatic rings. The second-order valence-electron chi connectivity index (χ2n) is 8.52. The molecule has 0 amide bonds. The summed E-state index contributed by atoms with van der Waals surface area (Å²) in [6.45, 7) is 2.65. The Morgan fingerprint density at radius 1 is 1.25 bits per heavy atom. The molecular formula is C24H32FNO5S. The van der Waals surface area contributed by atoms with Crippen molar-refractivity contribution >= 4 is 10.1 Å². The molecule has 4 rings (SSSR count). The fourth-order valence-corrected chi connectivity index (χ4v) is 4.54. The Morgan fingerprint density at radius 2 is 2.00 bits per heavy atom. The number of nitrogens with zero attached hydrogens (tertiary/aromatic N) is 1. The molecule has 0 saturated carbocycles. The largest absolute Gasteiger partial charge is 0.496 e. The van der Waals surface area contributed by atoms with Crippen LogP contribution in [0.4, 0.5) is 4.39 Å². The summed E-state index contributed by atoms with van der Waals surface area (Å²) in [5.41, 5.74) is 4.62. The van der Waals surface area contributed by atoms with Gasteiger partial charge in [-0.25, -0.2) is 4.39 Å². The highest BCUT2D eigenvalue weighted by atomic mass is 32.2. The minimum absolute atomic E-state index is 0.0810. The van der Waals surface area contributed by atoms with Crippen LogP contribution in [0, 0.1) is 5.82 Å². The average molecular weight is 466 g/mol. The van der Waals surface area contributed by atoms with Crippen molar-refractivity contribution in [3.8, 4) is 11.5 Å². The lowest BCUT2D eigenvalue weighted by atomic mass is 9.81. The number of fused-ring (bicyclic) bond motifs is 2. The molecule has 1 unspecified atom stereocenters. The number of methoxy groups -OCH3 is 1. The van der Waals surface area contributed by atoms with Gasteiger partial charge in [-0.1, -0.05) is 12.1 Å². The number of ether oxygens (including phenoxy) is 2. The molecule has 0 bridgehead atoms. The van der Waals surface area contributed by atoms with Gasteiger partial charge in [0.15, 0.2) is 0 Å². The number of rotatable bonds is 6. The Kier molecular flexibility index (Phi) is 8.14. The van der Waals surface area contributed by atoms with Crippen LogP contribution in [0.3, 0.4) is 0 Å². The van der Waals surface area contributed by atoms with Gasteiger partial charge in [-0.3, -0.25) is 4.55 Å². The summed E-state index contributed by atoms with van der Waals surface area (Å²) in [6.07, 6.45) is 5.78. The van der Waals surface area contributed by atoms with Crippen molar-refractivity contribution in [3.05, 3.63) is 58.4 Å². The van der Waals surface area contributed by atoms with E-state index in [2.05, 4.69) is 30.1 Å². The molecule has 2 aromatic carbocycles. The van der Waals surface area contributed by atoms with Gasteiger partial charge in [0.05, 0.1) is 20.0 Å². The molecule has 8 heteroatoms. The normalized spacial score (nSPS) is 17.1. The summed E-state index contributed by atoms with van der Waals surface area (Å²) in [7, 11) is 0.147. The molecule has 1 N–H and O–H groups in total. The van der Waals surface area contributed by atoms with E-state index in [1.54, 1.807) is 19.2 Å². The first-order valence-corrected chi connectivity index (χ1v) is 12.7. The van der Waals surface area contributed by atoms with Crippen LogP contribution in [0.5, 0.6) is 11.5 Å². The Balaban J connectivity index is 0.000000523. The van der Waals surface area contributed by atoms with Crippen LogP contribution in [0.1, 0.15) is 41.0 Å². The standard InChI is InChI=1S/C23H28FNO2.CH4O3S/c1-25(12-10-16-6-8-21-17(14-16)11-13-27-21)15-18-4-3-5-19-22(26-2)9-7-20(24)23(18)19;1-5(2,3)4/h6-9,14,18H,3-5,10-13,15H2,1-2H3;1H3,(H,2,3,4). The van der Waals surface area contributed by atoms with E-state index in [4.69, 9.17) is 14.0 Å². The van der Waals surface area contributed by atoms with Crippen LogP contribution in [-0.4, -0.2) is 58.0 Å². The van der Waals surface area contributed by atoms with Gasteiger partial charge >= 0.3 is 0 Å². The molecule has 0 radical (unpaired) electrons. The summed E-state index contributed by atoms with van der Waals surface area (Å²) in [5.74, 6) is 2.03. The van der Waals surface area contributed by atoms with Gasteiger partial charge in [-0.15, -0.1) is 0 Å². The molecule has 0 spiro atoms. The third-order valence-corrected chi connectivity index (χ3v) is 5.94. The van der Waals surface area contributed by atoms with E-state index >= 15 is 0 Å². The first-order chi connectivity index (χ1) is 15.2. The Morgan fingerprint density at radius 3 is 2.72 bits per heavy atom. The summed E-state index contributed by atoms with van der Waals surface area (Å²) < 4.78 is 51.5. The molecule has 6 nitrogen and oxygen atoms in total. The SMILES string of the molecule is COc1ccc(F)c2c1CCCC2CN(C)CCc1ccc2c(c1)CCO2.CS(=O)(=O)O. The van der Waals surface area contributed by atoms with E-state index in [9.17, 15) is 12.8 Å². The second-order valence-corrected chi connectivity index (χ2v) is 9.98. The van der Waals surface area contributed by atoms with Gasteiger partial charge in [0.2, 0.25) is 0 Å². The summed E-state index contributed by atoms with van der Waals surface area (Å²) in [4.78, 5) is 2.34. The first kappa shape index (κ1) is 24.5. The minimum atomic E-state index is -3.67. The highest BCUT2D eigenvalue weighted by Crippen LogP contribution is 2.38. The maximum atomic E-state index is 14.6. The number of benzene rings is 2. The molecule has 176 valence electrons. The third-order valence-electron chi connectivity index (χ3n) is 5.94.